The molecular formula is C10H15NO4S. The van der Waals surface area contributed by atoms with Gasteiger partial charge in [-0.1, -0.05) is 6.07 Å². The number of ether oxygens (including phenoxy) is 1. The highest BCUT2D eigenvalue weighted by Gasteiger charge is 2.11. The fourth-order valence-corrected chi connectivity index (χ4v) is 1.47. The van der Waals surface area contributed by atoms with E-state index in [4.69, 9.17) is 14.0 Å². The molecule has 1 unspecified atom stereocenters. The molecule has 0 radical (unpaired) electrons. The lowest BCUT2D eigenvalue weighted by Gasteiger charge is -2.13. The van der Waals surface area contributed by atoms with E-state index in [1.54, 1.807) is 32.3 Å². The first-order valence-electron chi connectivity index (χ1n) is 4.63. The minimum Gasteiger partial charge on any atom is -0.493 e. The number of rotatable bonds is 5. The van der Waals surface area contributed by atoms with Gasteiger partial charge in [0.15, 0.2) is 11.5 Å². The molecule has 1 N–H and O–H groups in total. The number of aliphatic hydroxyl groups is 1. The highest BCUT2D eigenvalue weighted by molar-refractivity contribution is 7.78. The van der Waals surface area contributed by atoms with Gasteiger partial charge in [-0.25, -0.2) is 0 Å². The topological polar surface area (TPSA) is 59.0 Å². The predicted octanol–water partition coefficient (Wildman–Crippen LogP) is 0.707. The van der Waals surface area contributed by atoms with Crippen molar-refractivity contribution in [3.63, 3.8) is 0 Å². The summed E-state index contributed by atoms with van der Waals surface area (Å²) in [6, 6.07) is 4.97. The lowest BCUT2D eigenvalue weighted by Crippen LogP contribution is -2.20. The van der Waals surface area contributed by atoms with Gasteiger partial charge in [-0.3, -0.25) is 0 Å². The summed E-state index contributed by atoms with van der Waals surface area (Å²) < 4.78 is 23.2. The summed E-state index contributed by atoms with van der Waals surface area (Å²) in [6.07, 6.45) is 0. The molecule has 6 heteroatoms. The smallest absolute Gasteiger partial charge is 0.290 e. The van der Waals surface area contributed by atoms with Crippen LogP contribution in [0.1, 0.15) is 5.56 Å². The maximum Gasteiger partial charge on any atom is 0.290 e. The number of hydrogen-bond donors (Lipinski definition) is 1. The van der Waals surface area contributed by atoms with Crippen molar-refractivity contribution in [2.24, 2.45) is 0 Å². The Labute approximate surface area is 97.4 Å². The molecule has 1 rings (SSSR count). The molecule has 0 aromatic heterocycles. The molecule has 5 nitrogen and oxygen atoms in total. The zero-order valence-corrected chi connectivity index (χ0v) is 10.3. The van der Waals surface area contributed by atoms with Gasteiger partial charge in [0.2, 0.25) is 0 Å². The molecule has 0 spiro atoms. The molecule has 0 saturated heterocycles. The second-order valence-electron chi connectivity index (χ2n) is 3.26. The normalized spacial score (nSPS) is 12.6. The Hall–Kier alpha value is -1.11. The van der Waals surface area contributed by atoms with Gasteiger partial charge in [-0.15, -0.1) is 0 Å². The zero-order chi connectivity index (χ0) is 12.1. The van der Waals surface area contributed by atoms with Crippen LogP contribution in [0.15, 0.2) is 18.2 Å². The minimum absolute atomic E-state index is 0.102. The Morgan fingerprint density at radius 2 is 2.06 bits per heavy atom. The lowest BCUT2D eigenvalue weighted by atomic mass is 10.2. The van der Waals surface area contributed by atoms with Crippen molar-refractivity contribution in [3.8, 4) is 11.5 Å². The van der Waals surface area contributed by atoms with Gasteiger partial charge in [0.05, 0.1) is 13.7 Å². The quantitative estimate of drug-likeness (QED) is 0.830. The zero-order valence-electron chi connectivity index (χ0n) is 9.47. The molecule has 90 valence electrons. The van der Waals surface area contributed by atoms with Crippen LogP contribution >= 0.6 is 0 Å². The molecule has 0 saturated carbocycles. The SMILES string of the molecule is COc1ccc(CO)cc1OS(=O)N(C)C. The summed E-state index contributed by atoms with van der Waals surface area (Å²) in [7, 11) is 4.77. The second kappa shape index (κ2) is 5.83. The van der Waals surface area contributed by atoms with Crippen LogP contribution in [-0.4, -0.2) is 34.8 Å². The van der Waals surface area contributed by atoms with Crippen molar-refractivity contribution in [1.82, 2.24) is 4.31 Å². The van der Waals surface area contributed by atoms with Crippen LogP contribution in [0.2, 0.25) is 0 Å². The van der Waals surface area contributed by atoms with E-state index >= 15 is 0 Å². The van der Waals surface area contributed by atoms with Crippen LogP contribution in [-0.2, 0) is 17.9 Å². The molecular weight excluding hydrogens is 230 g/mol. The number of nitrogens with zero attached hydrogens (tertiary/aromatic N) is 1. The molecule has 16 heavy (non-hydrogen) atoms. The Morgan fingerprint density at radius 1 is 1.38 bits per heavy atom. The van der Waals surface area contributed by atoms with Crippen LogP contribution in [0.25, 0.3) is 0 Å². The first kappa shape index (κ1) is 13.0. The van der Waals surface area contributed by atoms with Gasteiger partial charge in [0.25, 0.3) is 11.3 Å². The standard InChI is InChI=1S/C10H15NO4S/c1-11(2)16(13)15-10-6-8(7-12)4-5-9(10)14-3/h4-6,12H,7H2,1-3H3. The maximum absolute atomic E-state index is 11.5. The van der Waals surface area contributed by atoms with E-state index in [-0.39, 0.29) is 6.61 Å². The first-order chi connectivity index (χ1) is 7.58. The van der Waals surface area contributed by atoms with Gasteiger partial charge in [0, 0.05) is 14.1 Å². The summed E-state index contributed by atoms with van der Waals surface area (Å²) in [6.45, 7) is -0.102. The molecule has 0 fully saturated rings. The van der Waals surface area contributed by atoms with Crippen LogP contribution in [0.4, 0.5) is 0 Å². The van der Waals surface area contributed by atoms with Crippen molar-refractivity contribution in [2.75, 3.05) is 21.2 Å². The van der Waals surface area contributed by atoms with E-state index in [2.05, 4.69) is 0 Å². The van der Waals surface area contributed by atoms with Gasteiger partial charge in [-0.05, 0) is 17.7 Å². The summed E-state index contributed by atoms with van der Waals surface area (Å²) in [5.41, 5.74) is 0.673. The van der Waals surface area contributed by atoms with Crippen molar-refractivity contribution in [1.29, 1.82) is 0 Å². The van der Waals surface area contributed by atoms with Gasteiger partial charge < -0.3 is 14.0 Å². The van der Waals surface area contributed by atoms with Gasteiger partial charge in [0.1, 0.15) is 0 Å². The Morgan fingerprint density at radius 3 is 2.56 bits per heavy atom. The van der Waals surface area contributed by atoms with E-state index in [9.17, 15) is 4.21 Å². The molecule has 1 aromatic rings. The molecule has 1 aromatic carbocycles. The third-order valence-electron chi connectivity index (χ3n) is 1.87. The fraction of sp³-hybridized carbons (Fsp3) is 0.400. The first-order valence-corrected chi connectivity index (χ1v) is 5.67. The number of methoxy groups -OCH3 is 1. The Balaban J connectivity index is 2.95. The van der Waals surface area contributed by atoms with E-state index < -0.39 is 11.3 Å². The summed E-state index contributed by atoms with van der Waals surface area (Å²) in [5, 5.41) is 8.99. The minimum atomic E-state index is -1.57. The highest BCUT2D eigenvalue weighted by Crippen LogP contribution is 2.28. The number of hydrogen-bond acceptors (Lipinski definition) is 4. The van der Waals surface area contributed by atoms with Gasteiger partial charge in [-0.2, -0.15) is 8.51 Å². The third-order valence-corrected chi connectivity index (χ3v) is 2.79. The van der Waals surface area contributed by atoms with Crippen molar-refractivity contribution < 1.29 is 18.2 Å². The van der Waals surface area contributed by atoms with Crippen LogP contribution < -0.4 is 8.92 Å². The monoisotopic (exact) mass is 245 g/mol. The third kappa shape index (κ3) is 3.19. The summed E-state index contributed by atoms with van der Waals surface area (Å²) in [5.74, 6) is 0.827. The summed E-state index contributed by atoms with van der Waals surface area (Å²) in [4.78, 5) is 0. The number of aliphatic hydroxyl groups excluding tert-OH is 1. The second-order valence-corrected chi connectivity index (χ2v) is 4.59. The molecule has 0 heterocycles. The highest BCUT2D eigenvalue weighted by atomic mass is 32.2. The van der Waals surface area contributed by atoms with Crippen molar-refractivity contribution >= 4 is 11.3 Å². The predicted molar refractivity (Wildman–Crippen MR) is 61.4 cm³/mol. The lowest BCUT2D eigenvalue weighted by molar-refractivity contribution is 0.281. The fourth-order valence-electron chi connectivity index (χ4n) is 1.04. The maximum atomic E-state index is 11.5. The van der Waals surface area contributed by atoms with E-state index in [1.165, 1.54) is 11.4 Å². The van der Waals surface area contributed by atoms with Crippen molar-refractivity contribution in [2.45, 2.75) is 6.61 Å². The molecule has 0 bridgehead atoms. The molecule has 1 atom stereocenters. The van der Waals surface area contributed by atoms with E-state index in [0.717, 1.165) is 0 Å². The molecule has 0 amide bonds. The van der Waals surface area contributed by atoms with E-state index in [0.29, 0.717) is 17.1 Å². The molecule has 0 aliphatic rings. The average Bonchev–Trinajstić information content (AvgIpc) is 2.28. The van der Waals surface area contributed by atoms with Crippen LogP contribution in [0.3, 0.4) is 0 Å². The van der Waals surface area contributed by atoms with Crippen LogP contribution in [0.5, 0.6) is 11.5 Å². The molecule has 0 aliphatic carbocycles. The Kier molecular flexibility index (Phi) is 4.72. The summed E-state index contributed by atoms with van der Waals surface area (Å²) >= 11 is -1.57. The Bertz CT molecular complexity index is 381. The average molecular weight is 245 g/mol. The van der Waals surface area contributed by atoms with Gasteiger partial charge >= 0.3 is 0 Å². The van der Waals surface area contributed by atoms with Crippen molar-refractivity contribution in [3.05, 3.63) is 23.8 Å². The van der Waals surface area contributed by atoms with Crippen LogP contribution in [0, 0.1) is 0 Å². The van der Waals surface area contributed by atoms with E-state index in [1.807, 2.05) is 0 Å². The largest absolute Gasteiger partial charge is 0.493 e. The molecule has 0 aliphatic heterocycles. The number of benzene rings is 1.